The van der Waals surface area contributed by atoms with Gasteiger partial charge in [0.15, 0.2) is 5.60 Å². The third-order valence-electron chi connectivity index (χ3n) is 13.7. The second-order valence-electron chi connectivity index (χ2n) is 19.2. The summed E-state index contributed by atoms with van der Waals surface area (Å²) in [6.45, 7) is 11.4. The number of alkyl carbamates (subject to hydrolysis) is 1. The van der Waals surface area contributed by atoms with Crippen LogP contribution in [-0.2, 0) is 57.2 Å². The number of nitrogens with one attached hydrogen (secondary N) is 1. The summed E-state index contributed by atoms with van der Waals surface area (Å²) in [5, 5.41) is 37.4. The van der Waals surface area contributed by atoms with E-state index in [0.717, 1.165) is 6.92 Å². The number of fused-ring (bicyclic) bond motifs is 5. The van der Waals surface area contributed by atoms with Crippen LogP contribution in [0.25, 0.3) is 0 Å². The minimum absolute atomic E-state index is 0.0278. The molecule has 1 amide bonds. The van der Waals surface area contributed by atoms with Crippen LogP contribution in [0.1, 0.15) is 103 Å². The number of aliphatic hydroxyl groups excluding tert-OH is 1. The second kappa shape index (κ2) is 17.9. The van der Waals surface area contributed by atoms with Gasteiger partial charge in [-0.05, 0) is 45.4 Å². The standard InChI is InChI=1S/C47H57NO17/c1-24-28(61-41(57)36(62-32(53)20-19-31(51)52)34(26-15-11-9-12-16-26)48-42(58)65-43(3,4)5)22-47(59)39(63-40(56)27-17-13-10-14-18-27)37-45(8,38(55)35(54)33(24)44(47,6)7)29(50)21-30-46(37,23-60-30)64-25(2)49/h9-18,24,28-30,33-34,36-37,39,50,59H,19-23H2,1-8H3,(H,48,58)(H,51,52)/t24?,28-,29-,30+,33?,34-,36+,37-,39-,45+,46-,47+/m0/s1. The Morgan fingerprint density at radius 3 is 2.09 bits per heavy atom. The molecule has 1 saturated heterocycles. The number of carboxylic acid groups (broad SMARTS) is 1. The Morgan fingerprint density at radius 1 is 0.923 bits per heavy atom. The monoisotopic (exact) mass is 907 g/mol. The smallest absolute Gasteiger partial charge is 0.408 e. The van der Waals surface area contributed by atoms with Crippen LogP contribution in [0, 0.1) is 28.6 Å². The minimum Gasteiger partial charge on any atom is -0.481 e. The summed E-state index contributed by atoms with van der Waals surface area (Å²) < 4.78 is 35.5. The highest BCUT2D eigenvalue weighted by molar-refractivity contribution is 6.40. The molecule has 4 N–H and O–H groups in total. The Hall–Kier alpha value is -5.72. The number of carbonyl (C=O) groups excluding carboxylic acids is 7. The average Bonchev–Trinajstić information content (AvgIpc) is 3.22. The zero-order valence-electron chi connectivity index (χ0n) is 37.6. The molecule has 1 heterocycles. The highest BCUT2D eigenvalue weighted by Gasteiger charge is 2.79. The third kappa shape index (κ3) is 8.99. The van der Waals surface area contributed by atoms with Crippen molar-refractivity contribution in [2.24, 2.45) is 28.6 Å². The number of carbonyl (C=O) groups is 8. The van der Waals surface area contributed by atoms with Gasteiger partial charge >= 0.3 is 35.9 Å². The van der Waals surface area contributed by atoms with Crippen molar-refractivity contribution in [3.8, 4) is 0 Å². The van der Waals surface area contributed by atoms with Gasteiger partial charge in [0.1, 0.15) is 35.6 Å². The molecule has 3 saturated carbocycles. The van der Waals surface area contributed by atoms with Crippen molar-refractivity contribution in [1.29, 1.82) is 0 Å². The Morgan fingerprint density at radius 2 is 1.54 bits per heavy atom. The first kappa shape index (κ1) is 48.7. The molecule has 65 heavy (non-hydrogen) atoms. The quantitative estimate of drug-likeness (QED) is 0.134. The Bertz CT molecular complexity index is 2210. The van der Waals surface area contributed by atoms with Crippen LogP contribution in [0.4, 0.5) is 4.79 Å². The van der Waals surface area contributed by atoms with E-state index in [0.29, 0.717) is 0 Å². The summed E-state index contributed by atoms with van der Waals surface area (Å²) in [6.07, 6.45) is -11.4. The SMILES string of the molecule is CC(=O)O[C@@]12CO[C@@H]1C[C@H](O)[C@@]1(C)C(=O)C(=O)C3C(C)[C@@H](OC(=O)[C@H](OC(=O)CCC(=O)O)[C@@H](NC(=O)OC(C)(C)C)c4ccccc4)C[C@@](O)([C@@H](OC(=O)c4ccccc4)[C@H]21)C3(C)C. The summed E-state index contributed by atoms with van der Waals surface area (Å²) in [7, 11) is 0. The lowest BCUT2D eigenvalue weighted by molar-refractivity contribution is -0.350. The predicted octanol–water partition coefficient (Wildman–Crippen LogP) is 3.82. The zero-order valence-corrected chi connectivity index (χ0v) is 37.6. The molecule has 1 aliphatic heterocycles. The summed E-state index contributed by atoms with van der Waals surface area (Å²) in [5.41, 5.74) is -8.91. The molecule has 2 bridgehead atoms. The van der Waals surface area contributed by atoms with E-state index in [9.17, 15) is 48.9 Å². The number of hydrogen-bond donors (Lipinski definition) is 4. The fourth-order valence-electron chi connectivity index (χ4n) is 10.4. The van der Waals surface area contributed by atoms with Crippen molar-refractivity contribution in [3.63, 3.8) is 0 Å². The molecule has 4 aliphatic rings. The number of rotatable bonds is 12. The fraction of sp³-hybridized carbons (Fsp3) is 0.574. The van der Waals surface area contributed by atoms with Crippen molar-refractivity contribution in [2.75, 3.05) is 6.61 Å². The van der Waals surface area contributed by atoms with Crippen molar-refractivity contribution in [3.05, 3.63) is 71.8 Å². The second-order valence-corrected chi connectivity index (χ2v) is 19.2. The largest absolute Gasteiger partial charge is 0.481 e. The summed E-state index contributed by atoms with van der Waals surface area (Å²) in [4.78, 5) is 110. The van der Waals surface area contributed by atoms with Gasteiger partial charge in [-0.3, -0.25) is 24.0 Å². The number of aliphatic carboxylic acids is 1. The molecule has 2 unspecified atom stereocenters. The van der Waals surface area contributed by atoms with Crippen LogP contribution in [0.15, 0.2) is 60.7 Å². The third-order valence-corrected chi connectivity index (χ3v) is 13.7. The number of Topliss-reactive ketones (excluding diaryl/α,β-unsaturated/α-hetero) is 2. The first-order valence-corrected chi connectivity index (χ1v) is 21.5. The normalized spacial score (nSPS) is 32.2. The molecule has 0 aromatic heterocycles. The number of carboxylic acids is 1. The molecule has 3 aliphatic carbocycles. The number of aliphatic hydroxyl groups is 2. The lowest BCUT2D eigenvalue weighted by Gasteiger charge is -2.67. The maximum Gasteiger partial charge on any atom is 0.408 e. The fourth-order valence-corrected chi connectivity index (χ4v) is 10.4. The summed E-state index contributed by atoms with van der Waals surface area (Å²) >= 11 is 0. The number of ketones is 2. The zero-order chi connectivity index (χ0) is 48.0. The van der Waals surface area contributed by atoms with Gasteiger partial charge in [0.05, 0.1) is 42.4 Å². The lowest BCUT2D eigenvalue weighted by atomic mass is 9.42. The molecule has 0 spiro atoms. The predicted molar refractivity (Wildman–Crippen MR) is 223 cm³/mol. The van der Waals surface area contributed by atoms with Gasteiger partial charge in [-0.15, -0.1) is 0 Å². The molecule has 4 fully saturated rings. The van der Waals surface area contributed by atoms with Crippen molar-refractivity contribution in [1.82, 2.24) is 5.32 Å². The summed E-state index contributed by atoms with van der Waals surface area (Å²) in [6, 6.07) is 14.0. The molecule has 0 radical (unpaired) electrons. The van der Waals surface area contributed by atoms with E-state index >= 15 is 4.79 Å². The van der Waals surface area contributed by atoms with Gasteiger partial charge < -0.3 is 49.1 Å². The van der Waals surface area contributed by atoms with Crippen LogP contribution >= 0.6 is 0 Å². The molecule has 6 rings (SSSR count). The van der Waals surface area contributed by atoms with Crippen LogP contribution in [-0.4, -0.2) is 117 Å². The van der Waals surface area contributed by atoms with E-state index in [1.165, 1.54) is 52.0 Å². The highest BCUT2D eigenvalue weighted by atomic mass is 16.6. The molecule has 12 atom stereocenters. The van der Waals surface area contributed by atoms with Gasteiger partial charge in [-0.1, -0.05) is 69.3 Å². The average molecular weight is 908 g/mol. The molecule has 18 heteroatoms. The summed E-state index contributed by atoms with van der Waals surface area (Å²) in [5.74, 6) is -12.0. The molecular weight excluding hydrogens is 851 g/mol. The molecule has 2 aromatic carbocycles. The van der Waals surface area contributed by atoms with Crippen LogP contribution in [0.5, 0.6) is 0 Å². The van der Waals surface area contributed by atoms with E-state index in [1.54, 1.807) is 57.2 Å². The van der Waals surface area contributed by atoms with Gasteiger partial charge in [-0.25, -0.2) is 14.4 Å². The lowest BCUT2D eigenvalue weighted by Crippen LogP contribution is -2.82. The van der Waals surface area contributed by atoms with Crippen LogP contribution in [0.3, 0.4) is 0 Å². The molecular formula is C47H57NO17. The van der Waals surface area contributed by atoms with E-state index in [1.807, 2.05) is 0 Å². The van der Waals surface area contributed by atoms with Gasteiger partial charge in [0, 0.05) is 37.0 Å². The van der Waals surface area contributed by atoms with Gasteiger partial charge in [0.25, 0.3) is 0 Å². The first-order valence-electron chi connectivity index (χ1n) is 21.5. The number of hydrogen-bond acceptors (Lipinski definition) is 16. The van der Waals surface area contributed by atoms with E-state index in [-0.39, 0.29) is 24.2 Å². The van der Waals surface area contributed by atoms with Crippen LogP contribution in [0.2, 0.25) is 0 Å². The minimum atomic E-state index is -2.46. The number of ether oxygens (including phenoxy) is 6. The van der Waals surface area contributed by atoms with E-state index in [2.05, 4.69) is 5.32 Å². The maximum absolute atomic E-state index is 15.1. The maximum atomic E-state index is 15.1. The Balaban J connectivity index is 1.50. The first-order chi connectivity index (χ1) is 30.3. The van der Waals surface area contributed by atoms with Crippen molar-refractivity contribution in [2.45, 2.75) is 134 Å². The number of benzene rings is 2. The van der Waals surface area contributed by atoms with E-state index < -0.39 is 149 Å². The molecule has 2 aromatic rings. The Labute approximate surface area is 375 Å². The van der Waals surface area contributed by atoms with Gasteiger partial charge in [-0.2, -0.15) is 0 Å². The Kier molecular flexibility index (Phi) is 13.4. The van der Waals surface area contributed by atoms with Gasteiger partial charge in [0.2, 0.25) is 17.7 Å². The van der Waals surface area contributed by atoms with E-state index in [4.69, 9.17) is 28.4 Å². The highest BCUT2D eigenvalue weighted by Crippen LogP contribution is 2.64. The molecule has 18 nitrogen and oxygen atoms in total. The number of esters is 4. The number of amides is 1. The van der Waals surface area contributed by atoms with Crippen molar-refractivity contribution < 1.29 is 82.1 Å². The van der Waals surface area contributed by atoms with Crippen LogP contribution < -0.4 is 5.32 Å². The van der Waals surface area contributed by atoms with Crippen molar-refractivity contribution >= 4 is 47.5 Å². The topological polar surface area (TPSA) is 265 Å². The molecule has 352 valence electrons.